The summed E-state index contributed by atoms with van der Waals surface area (Å²) in [7, 11) is 0. The molecule has 5 nitrogen and oxygen atoms in total. The summed E-state index contributed by atoms with van der Waals surface area (Å²) in [5, 5.41) is 9.94. The molecule has 0 bridgehead atoms. The highest BCUT2D eigenvalue weighted by atomic mass is 35.5. The van der Waals surface area contributed by atoms with E-state index in [0.717, 1.165) is 17.7 Å². The highest BCUT2D eigenvalue weighted by molar-refractivity contribution is 6.35. The average molecular weight is 464 g/mol. The minimum Gasteiger partial charge on any atom is -0.308 e. The number of rotatable bonds is 4. The quantitative estimate of drug-likeness (QED) is 0.461. The van der Waals surface area contributed by atoms with Crippen LogP contribution in [0.25, 0.3) is 0 Å². The van der Waals surface area contributed by atoms with Crippen molar-refractivity contribution in [2.45, 2.75) is 12.7 Å². The van der Waals surface area contributed by atoms with Crippen molar-refractivity contribution in [3.63, 3.8) is 0 Å². The Morgan fingerprint density at radius 2 is 1.79 bits per heavy atom. The first-order valence-electron chi connectivity index (χ1n) is 8.04. The Bertz CT molecular complexity index is 1050. The Balaban J connectivity index is 1.68. The minimum absolute atomic E-state index is 0.0270. The first-order chi connectivity index (χ1) is 13.6. The van der Waals surface area contributed by atoms with Crippen LogP contribution in [0, 0.1) is 0 Å². The Labute approximate surface area is 178 Å². The molecule has 0 saturated heterocycles. The number of carbonyl (C=O) groups is 1. The standard InChI is InChI=1S/C18H12Cl3F3N4O/c19-12-5-4-10(14(20)7-12)8-28-9-15(21)16(27-28)26-17(29)25-13-3-1-2-11(6-13)18(22,23)24/h1-7,9H,8H2,(H2,25,26,27,29). The van der Waals surface area contributed by atoms with Crippen molar-refractivity contribution in [2.24, 2.45) is 0 Å². The lowest BCUT2D eigenvalue weighted by molar-refractivity contribution is -0.137. The van der Waals surface area contributed by atoms with Crippen LogP contribution in [0.3, 0.4) is 0 Å². The third-order valence-electron chi connectivity index (χ3n) is 3.74. The van der Waals surface area contributed by atoms with E-state index in [9.17, 15) is 18.0 Å². The van der Waals surface area contributed by atoms with E-state index in [4.69, 9.17) is 34.8 Å². The zero-order valence-corrected chi connectivity index (χ0v) is 16.7. The summed E-state index contributed by atoms with van der Waals surface area (Å²) in [4.78, 5) is 12.1. The number of anilines is 2. The van der Waals surface area contributed by atoms with Crippen molar-refractivity contribution in [3.8, 4) is 0 Å². The van der Waals surface area contributed by atoms with Crippen molar-refractivity contribution in [2.75, 3.05) is 10.6 Å². The Kier molecular flexibility index (Phi) is 6.26. The molecule has 3 aromatic rings. The van der Waals surface area contributed by atoms with E-state index >= 15 is 0 Å². The van der Waals surface area contributed by atoms with Crippen LogP contribution in [-0.4, -0.2) is 15.8 Å². The van der Waals surface area contributed by atoms with E-state index in [1.807, 2.05) is 0 Å². The van der Waals surface area contributed by atoms with Crippen LogP contribution in [0.2, 0.25) is 15.1 Å². The lowest BCUT2D eigenvalue weighted by Crippen LogP contribution is -2.20. The molecule has 2 aromatic carbocycles. The molecule has 0 saturated carbocycles. The molecule has 0 aliphatic rings. The van der Waals surface area contributed by atoms with Gasteiger partial charge in [0.15, 0.2) is 5.82 Å². The number of benzene rings is 2. The first kappa shape index (κ1) is 21.3. The molecule has 0 aliphatic carbocycles. The van der Waals surface area contributed by atoms with Gasteiger partial charge in [0.25, 0.3) is 0 Å². The maximum Gasteiger partial charge on any atom is 0.416 e. The third kappa shape index (κ3) is 5.56. The second kappa shape index (κ2) is 8.52. The summed E-state index contributed by atoms with van der Waals surface area (Å²) in [6, 6.07) is 8.45. The summed E-state index contributed by atoms with van der Waals surface area (Å²) in [6.45, 7) is 0.270. The lowest BCUT2D eigenvalue weighted by Gasteiger charge is -2.10. The number of hydrogen-bond donors (Lipinski definition) is 2. The largest absolute Gasteiger partial charge is 0.416 e. The van der Waals surface area contributed by atoms with E-state index in [1.165, 1.54) is 23.0 Å². The van der Waals surface area contributed by atoms with Crippen molar-refractivity contribution in [3.05, 3.63) is 74.9 Å². The average Bonchev–Trinajstić information content (AvgIpc) is 2.96. The molecule has 0 aliphatic heterocycles. The molecule has 0 unspecified atom stereocenters. The summed E-state index contributed by atoms with van der Waals surface area (Å²) in [5.41, 5.74) is -0.173. The van der Waals surface area contributed by atoms with Gasteiger partial charge in [-0.1, -0.05) is 46.9 Å². The smallest absolute Gasteiger partial charge is 0.308 e. The van der Waals surface area contributed by atoms with Gasteiger partial charge >= 0.3 is 12.2 Å². The summed E-state index contributed by atoms with van der Waals surface area (Å²) >= 11 is 18.1. The van der Waals surface area contributed by atoms with Crippen LogP contribution < -0.4 is 10.6 Å². The SMILES string of the molecule is O=C(Nc1cccc(C(F)(F)F)c1)Nc1nn(Cc2ccc(Cl)cc2Cl)cc1Cl. The molecular weight excluding hydrogens is 452 g/mol. The normalized spacial score (nSPS) is 11.4. The molecule has 11 heteroatoms. The van der Waals surface area contributed by atoms with Crippen LogP contribution >= 0.6 is 34.8 Å². The first-order valence-corrected chi connectivity index (χ1v) is 9.17. The molecule has 0 spiro atoms. The molecule has 2 amide bonds. The van der Waals surface area contributed by atoms with Gasteiger partial charge < -0.3 is 5.32 Å². The number of alkyl halides is 3. The van der Waals surface area contributed by atoms with E-state index in [2.05, 4.69) is 15.7 Å². The molecule has 0 fully saturated rings. The minimum atomic E-state index is -4.51. The van der Waals surface area contributed by atoms with Gasteiger partial charge in [-0.05, 0) is 35.9 Å². The number of nitrogens with one attached hydrogen (secondary N) is 2. The van der Waals surface area contributed by atoms with E-state index in [0.29, 0.717) is 10.0 Å². The maximum absolute atomic E-state index is 12.8. The molecule has 152 valence electrons. The highest BCUT2D eigenvalue weighted by Gasteiger charge is 2.30. The van der Waals surface area contributed by atoms with Gasteiger partial charge in [-0.2, -0.15) is 18.3 Å². The number of halogens is 6. The maximum atomic E-state index is 12.8. The zero-order chi connectivity index (χ0) is 21.2. The number of carbonyl (C=O) groups excluding carboxylic acids is 1. The fourth-order valence-electron chi connectivity index (χ4n) is 2.43. The number of amides is 2. The van der Waals surface area contributed by atoms with Crippen molar-refractivity contribution in [1.29, 1.82) is 0 Å². The topological polar surface area (TPSA) is 59.0 Å². The second-order valence-corrected chi connectivity index (χ2v) is 7.17. The van der Waals surface area contributed by atoms with Crippen LogP contribution in [0.5, 0.6) is 0 Å². The molecule has 2 N–H and O–H groups in total. The molecule has 3 rings (SSSR count). The molecule has 29 heavy (non-hydrogen) atoms. The molecular formula is C18H12Cl3F3N4O. The van der Waals surface area contributed by atoms with E-state index in [-0.39, 0.29) is 23.1 Å². The van der Waals surface area contributed by atoms with Crippen LogP contribution in [0.4, 0.5) is 29.5 Å². The Hall–Kier alpha value is -2.42. The van der Waals surface area contributed by atoms with Gasteiger partial charge in [0.2, 0.25) is 0 Å². The second-order valence-electron chi connectivity index (χ2n) is 5.92. The fourth-order valence-corrected chi connectivity index (χ4v) is 3.10. The zero-order valence-electron chi connectivity index (χ0n) is 14.4. The molecule has 1 aromatic heterocycles. The Morgan fingerprint density at radius 1 is 1.03 bits per heavy atom. The van der Waals surface area contributed by atoms with Gasteiger partial charge in [-0.25, -0.2) is 4.79 Å². The molecule has 1 heterocycles. The summed E-state index contributed by atoms with van der Waals surface area (Å²) in [6.07, 6.45) is -3.04. The number of urea groups is 1. The predicted molar refractivity (Wildman–Crippen MR) is 107 cm³/mol. The molecule has 0 atom stereocenters. The predicted octanol–water partition coefficient (Wildman–Crippen LogP) is 6.55. The van der Waals surface area contributed by atoms with Gasteiger partial charge in [0, 0.05) is 21.9 Å². The van der Waals surface area contributed by atoms with Crippen molar-refractivity contribution in [1.82, 2.24) is 9.78 Å². The van der Waals surface area contributed by atoms with Crippen LogP contribution in [-0.2, 0) is 12.7 Å². The monoisotopic (exact) mass is 462 g/mol. The van der Waals surface area contributed by atoms with Crippen molar-refractivity contribution < 1.29 is 18.0 Å². The number of aromatic nitrogens is 2. The van der Waals surface area contributed by atoms with Crippen LogP contribution in [0.15, 0.2) is 48.7 Å². The van der Waals surface area contributed by atoms with E-state index < -0.39 is 17.8 Å². The van der Waals surface area contributed by atoms with Gasteiger partial charge in [-0.15, -0.1) is 0 Å². The van der Waals surface area contributed by atoms with E-state index in [1.54, 1.807) is 18.2 Å². The lowest BCUT2D eigenvalue weighted by atomic mass is 10.2. The third-order valence-corrected chi connectivity index (χ3v) is 4.61. The highest BCUT2D eigenvalue weighted by Crippen LogP contribution is 2.31. The van der Waals surface area contributed by atoms with Gasteiger partial charge in [0.1, 0.15) is 5.02 Å². The Morgan fingerprint density at radius 3 is 2.48 bits per heavy atom. The summed E-state index contributed by atoms with van der Waals surface area (Å²) in [5.74, 6) is 0.0428. The summed E-state index contributed by atoms with van der Waals surface area (Å²) < 4.78 is 39.7. The van der Waals surface area contributed by atoms with Gasteiger partial charge in [0.05, 0.1) is 12.1 Å². The molecule has 0 radical (unpaired) electrons. The van der Waals surface area contributed by atoms with Gasteiger partial charge in [-0.3, -0.25) is 10.00 Å². The fraction of sp³-hybridized carbons (Fsp3) is 0.111. The number of hydrogen-bond acceptors (Lipinski definition) is 2. The van der Waals surface area contributed by atoms with Crippen molar-refractivity contribution >= 4 is 52.3 Å². The number of nitrogens with zero attached hydrogens (tertiary/aromatic N) is 2. The van der Waals surface area contributed by atoms with Crippen LogP contribution in [0.1, 0.15) is 11.1 Å².